The van der Waals surface area contributed by atoms with E-state index in [0.29, 0.717) is 19.1 Å². The van der Waals surface area contributed by atoms with Crippen LogP contribution in [0.2, 0.25) is 0 Å². The summed E-state index contributed by atoms with van der Waals surface area (Å²) in [7, 11) is -0.714. The second-order valence-corrected chi connectivity index (χ2v) is 6.50. The average molecular weight is 283 g/mol. The normalized spacial score (nSPS) is 14.1. The predicted molar refractivity (Wildman–Crippen MR) is 81.8 cm³/mol. The van der Waals surface area contributed by atoms with Gasteiger partial charge in [0.1, 0.15) is 5.75 Å². The van der Waals surface area contributed by atoms with E-state index >= 15 is 0 Å². The fraction of sp³-hybridized carbons (Fsp3) is 0.600. The van der Waals surface area contributed by atoms with Gasteiger partial charge < -0.3 is 10.5 Å². The summed E-state index contributed by atoms with van der Waals surface area (Å²) in [5, 5.41) is 0. The van der Waals surface area contributed by atoms with Crippen molar-refractivity contribution < 1.29 is 8.95 Å². The summed E-state index contributed by atoms with van der Waals surface area (Å²) in [5.74, 6) is 2.92. The molecule has 1 rings (SSSR count). The Morgan fingerprint density at radius 2 is 2.21 bits per heavy atom. The largest absolute Gasteiger partial charge is 0.494 e. The van der Waals surface area contributed by atoms with E-state index in [4.69, 9.17) is 10.5 Å². The molecule has 0 aliphatic heterocycles. The molecular formula is C15H25NO2S. The minimum Gasteiger partial charge on any atom is -0.494 e. The Hall–Kier alpha value is -0.870. The van der Waals surface area contributed by atoms with Crippen molar-refractivity contribution in [3.05, 3.63) is 29.8 Å². The Morgan fingerprint density at radius 3 is 2.89 bits per heavy atom. The molecule has 2 N–H and O–H groups in total. The number of hydrogen-bond acceptors (Lipinski definition) is 3. The van der Waals surface area contributed by atoms with Crippen LogP contribution < -0.4 is 10.5 Å². The maximum atomic E-state index is 11.8. The fourth-order valence-corrected chi connectivity index (χ4v) is 3.17. The van der Waals surface area contributed by atoms with Crippen LogP contribution >= 0.6 is 0 Å². The number of benzene rings is 1. The molecule has 2 atom stereocenters. The third kappa shape index (κ3) is 6.73. The zero-order valence-corrected chi connectivity index (χ0v) is 12.7. The van der Waals surface area contributed by atoms with Crippen LogP contribution in [0.4, 0.5) is 0 Å². The number of hydrogen-bond donors (Lipinski definition) is 1. The Labute approximate surface area is 119 Å². The minimum atomic E-state index is -0.714. The number of ether oxygens (including phenoxy) is 1. The second-order valence-electron chi connectivity index (χ2n) is 4.88. The van der Waals surface area contributed by atoms with Crippen LogP contribution in [0, 0.1) is 5.92 Å². The highest BCUT2D eigenvalue weighted by Gasteiger charge is 2.05. The number of rotatable bonds is 9. The highest BCUT2D eigenvalue weighted by molar-refractivity contribution is 7.84. The standard InChI is InChI=1S/C15H25NO2S/c1-3-13(2)12-19(17)9-5-8-18-15-7-4-6-14(10-15)11-16/h4,6-7,10,13H,3,5,8-9,11-12,16H2,1-2H3. The van der Waals surface area contributed by atoms with Crippen LogP contribution in [-0.2, 0) is 17.3 Å². The van der Waals surface area contributed by atoms with E-state index in [9.17, 15) is 4.21 Å². The Bertz CT molecular complexity index is 395. The van der Waals surface area contributed by atoms with Crippen LogP contribution in [-0.4, -0.2) is 22.3 Å². The molecule has 0 aliphatic carbocycles. The molecule has 1 aromatic rings. The van der Waals surface area contributed by atoms with E-state index in [1.165, 1.54) is 0 Å². The maximum Gasteiger partial charge on any atom is 0.119 e. The van der Waals surface area contributed by atoms with Gasteiger partial charge in [-0.1, -0.05) is 32.4 Å². The lowest BCUT2D eigenvalue weighted by atomic mass is 10.2. The smallest absolute Gasteiger partial charge is 0.119 e. The average Bonchev–Trinajstić information content (AvgIpc) is 2.43. The summed E-state index contributed by atoms with van der Waals surface area (Å²) in [6.07, 6.45) is 1.92. The number of nitrogens with two attached hydrogens (primary N) is 1. The molecule has 3 nitrogen and oxygen atoms in total. The second kappa shape index (κ2) is 9.10. The van der Waals surface area contributed by atoms with Crippen molar-refractivity contribution in [2.24, 2.45) is 11.7 Å². The molecule has 0 bridgehead atoms. The van der Waals surface area contributed by atoms with E-state index in [2.05, 4.69) is 13.8 Å². The Morgan fingerprint density at radius 1 is 1.42 bits per heavy atom. The van der Waals surface area contributed by atoms with Crippen LogP contribution in [0.1, 0.15) is 32.3 Å². The van der Waals surface area contributed by atoms with Crippen LogP contribution in [0.5, 0.6) is 5.75 Å². The highest BCUT2D eigenvalue weighted by atomic mass is 32.2. The van der Waals surface area contributed by atoms with E-state index in [1.807, 2.05) is 24.3 Å². The van der Waals surface area contributed by atoms with Crippen LogP contribution in [0.25, 0.3) is 0 Å². The molecule has 0 saturated carbocycles. The molecule has 108 valence electrons. The molecule has 4 heteroatoms. The molecule has 0 aromatic heterocycles. The van der Waals surface area contributed by atoms with Crippen LogP contribution in [0.15, 0.2) is 24.3 Å². The summed E-state index contributed by atoms with van der Waals surface area (Å²) in [4.78, 5) is 0. The molecule has 0 aliphatic rings. The Balaban J connectivity index is 2.21. The molecule has 0 saturated heterocycles. The highest BCUT2D eigenvalue weighted by Crippen LogP contribution is 2.13. The molecule has 0 fully saturated rings. The van der Waals surface area contributed by atoms with Gasteiger partial charge in [0, 0.05) is 28.9 Å². The summed E-state index contributed by atoms with van der Waals surface area (Å²) in [6, 6.07) is 7.80. The third-order valence-electron chi connectivity index (χ3n) is 3.09. The molecule has 0 heterocycles. The van der Waals surface area contributed by atoms with Gasteiger partial charge in [-0.3, -0.25) is 4.21 Å². The maximum absolute atomic E-state index is 11.8. The van der Waals surface area contributed by atoms with E-state index < -0.39 is 10.8 Å². The van der Waals surface area contributed by atoms with Crippen molar-refractivity contribution in [1.82, 2.24) is 0 Å². The SMILES string of the molecule is CCC(C)CS(=O)CCCOc1cccc(CN)c1. The van der Waals surface area contributed by atoms with Crippen LogP contribution in [0.3, 0.4) is 0 Å². The zero-order chi connectivity index (χ0) is 14.1. The molecule has 1 aromatic carbocycles. The lowest BCUT2D eigenvalue weighted by Gasteiger charge is -2.09. The molecule has 0 spiro atoms. The molecule has 19 heavy (non-hydrogen) atoms. The summed E-state index contributed by atoms with van der Waals surface area (Å²) >= 11 is 0. The fourth-order valence-electron chi connectivity index (χ4n) is 1.69. The van der Waals surface area contributed by atoms with Crippen molar-refractivity contribution in [2.45, 2.75) is 33.2 Å². The predicted octanol–water partition coefficient (Wildman–Crippen LogP) is 2.71. The first kappa shape index (κ1) is 16.2. The minimum absolute atomic E-state index is 0.524. The quantitative estimate of drug-likeness (QED) is 0.709. The first-order valence-corrected chi connectivity index (χ1v) is 8.41. The van der Waals surface area contributed by atoms with Crippen molar-refractivity contribution in [3.63, 3.8) is 0 Å². The van der Waals surface area contributed by atoms with E-state index in [1.54, 1.807) is 0 Å². The van der Waals surface area contributed by atoms with E-state index in [-0.39, 0.29) is 0 Å². The summed E-state index contributed by atoms with van der Waals surface area (Å²) < 4.78 is 17.4. The van der Waals surface area contributed by atoms with Gasteiger partial charge in [0.15, 0.2) is 0 Å². The zero-order valence-electron chi connectivity index (χ0n) is 11.9. The van der Waals surface area contributed by atoms with Gasteiger partial charge in [-0.25, -0.2) is 0 Å². The molecule has 2 unspecified atom stereocenters. The lowest BCUT2D eigenvalue weighted by molar-refractivity contribution is 0.318. The van der Waals surface area contributed by atoms with Gasteiger partial charge in [-0.15, -0.1) is 0 Å². The first-order chi connectivity index (χ1) is 9.15. The van der Waals surface area contributed by atoms with Gasteiger partial charge >= 0.3 is 0 Å². The molecular weight excluding hydrogens is 258 g/mol. The molecule has 0 amide bonds. The van der Waals surface area contributed by atoms with Gasteiger partial charge in [-0.2, -0.15) is 0 Å². The van der Waals surface area contributed by atoms with Crippen molar-refractivity contribution in [3.8, 4) is 5.75 Å². The van der Waals surface area contributed by atoms with Gasteiger partial charge in [0.2, 0.25) is 0 Å². The summed E-state index contributed by atoms with van der Waals surface area (Å²) in [5.41, 5.74) is 6.64. The first-order valence-electron chi connectivity index (χ1n) is 6.92. The summed E-state index contributed by atoms with van der Waals surface area (Å²) in [6.45, 7) is 5.42. The Kier molecular flexibility index (Phi) is 7.75. The van der Waals surface area contributed by atoms with E-state index in [0.717, 1.165) is 35.7 Å². The van der Waals surface area contributed by atoms with Crippen molar-refractivity contribution in [2.75, 3.05) is 18.1 Å². The lowest BCUT2D eigenvalue weighted by Crippen LogP contribution is -2.12. The van der Waals surface area contributed by atoms with Crippen molar-refractivity contribution in [1.29, 1.82) is 0 Å². The van der Waals surface area contributed by atoms with Gasteiger partial charge in [-0.05, 0) is 30.0 Å². The van der Waals surface area contributed by atoms with Crippen molar-refractivity contribution >= 4 is 10.8 Å². The van der Waals surface area contributed by atoms with Gasteiger partial charge in [0.05, 0.1) is 6.61 Å². The van der Waals surface area contributed by atoms with Gasteiger partial charge in [0.25, 0.3) is 0 Å². The molecule has 0 radical (unpaired) electrons. The monoisotopic (exact) mass is 283 g/mol. The third-order valence-corrected chi connectivity index (χ3v) is 4.77. The topological polar surface area (TPSA) is 52.3 Å².